The van der Waals surface area contributed by atoms with E-state index in [1.54, 1.807) is 13.0 Å². The fraction of sp³-hybridized carbons (Fsp3) is 0.125. The molecule has 2 aromatic rings. The molecule has 0 heterocycles. The lowest BCUT2D eigenvalue weighted by atomic mass is 10.1. The van der Waals surface area contributed by atoms with E-state index >= 15 is 0 Å². The van der Waals surface area contributed by atoms with Crippen LogP contribution in [0.15, 0.2) is 42.5 Å². The first-order valence-corrected chi connectivity index (χ1v) is 6.27. The van der Waals surface area contributed by atoms with E-state index in [2.05, 4.69) is 10.1 Å². The molecule has 4 nitrogen and oxygen atoms in total. The molecule has 2 aromatic carbocycles. The lowest BCUT2D eigenvalue weighted by molar-refractivity contribution is 0.0600. The number of amides is 1. The van der Waals surface area contributed by atoms with Crippen molar-refractivity contribution in [2.24, 2.45) is 0 Å². The Kier molecular flexibility index (Phi) is 4.33. The summed E-state index contributed by atoms with van der Waals surface area (Å²) in [6.07, 6.45) is 0. The molecule has 0 bridgehead atoms. The topological polar surface area (TPSA) is 55.4 Å². The van der Waals surface area contributed by atoms with Crippen molar-refractivity contribution in [3.63, 3.8) is 0 Å². The molecule has 0 aliphatic heterocycles. The van der Waals surface area contributed by atoms with Gasteiger partial charge in [0.1, 0.15) is 5.82 Å². The third kappa shape index (κ3) is 3.45. The molecule has 108 valence electrons. The van der Waals surface area contributed by atoms with Crippen LogP contribution < -0.4 is 5.32 Å². The number of carbonyl (C=O) groups is 2. The molecule has 0 aromatic heterocycles. The van der Waals surface area contributed by atoms with E-state index in [1.807, 2.05) is 0 Å². The van der Waals surface area contributed by atoms with Crippen LogP contribution in [0.3, 0.4) is 0 Å². The first-order chi connectivity index (χ1) is 10.0. The van der Waals surface area contributed by atoms with E-state index in [9.17, 15) is 14.0 Å². The zero-order valence-corrected chi connectivity index (χ0v) is 11.6. The summed E-state index contributed by atoms with van der Waals surface area (Å²) in [5, 5.41) is 2.49. The summed E-state index contributed by atoms with van der Waals surface area (Å²) in [6, 6.07) is 10.5. The predicted molar refractivity (Wildman–Crippen MR) is 76.9 cm³/mol. The summed E-state index contributed by atoms with van der Waals surface area (Å²) in [5.74, 6) is -1.42. The quantitative estimate of drug-likeness (QED) is 0.882. The van der Waals surface area contributed by atoms with Gasteiger partial charge in [-0.05, 0) is 48.9 Å². The standard InChI is InChI=1S/C16H14FNO3/c1-10-3-8-14(13(17)9-10)18-15(19)11-4-6-12(7-5-11)16(20)21-2/h3-9H,1-2H3,(H,18,19). The summed E-state index contributed by atoms with van der Waals surface area (Å²) in [7, 11) is 1.28. The minimum atomic E-state index is -0.491. The van der Waals surface area contributed by atoms with Gasteiger partial charge in [-0.25, -0.2) is 9.18 Å². The minimum absolute atomic E-state index is 0.114. The highest BCUT2D eigenvalue weighted by Crippen LogP contribution is 2.16. The number of nitrogens with one attached hydrogen (secondary N) is 1. The van der Waals surface area contributed by atoms with Crippen molar-refractivity contribution in [2.45, 2.75) is 6.92 Å². The summed E-state index contributed by atoms with van der Waals surface area (Å²) >= 11 is 0. The second kappa shape index (κ2) is 6.17. The predicted octanol–water partition coefficient (Wildman–Crippen LogP) is 3.17. The molecule has 1 N–H and O–H groups in total. The molecular weight excluding hydrogens is 273 g/mol. The number of methoxy groups -OCH3 is 1. The van der Waals surface area contributed by atoms with Gasteiger partial charge in [0.05, 0.1) is 18.4 Å². The van der Waals surface area contributed by atoms with E-state index < -0.39 is 17.7 Å². The van der Waals surface area contributed by atoms with Gasteiger partial charge >= 0.3 is 5.97 Å². The average molecular weight is 287 g/mol. The van der Waals surface area contributed by atoms with Gasteiger partial charge in [0.25, 0.3) is 5.91 Å². The molecule has 2 rings (SSSR count). The Morgan fingerprint density at radius 2 is 1.67 bits per heavy atom. The van der Waals surface area contributed by atoms with Crippen LogP contribution >= 0.6 is 0 Å². The van der Waals surface area contributed by atoms with Crippen molar-refractivity contribution in [3.8, 4) is 0 Å². The van der Waals surface area contributed by atoms with Gasteiger partial charge in [0.15, 0.2) is 0 Å². The Morgan fingerprint density at radius 3 is 2.24 bits per heavy atom. The first kappa shape index (κ1) is 14.7. The summed E-state index contributed by atoms with van der Waals surface area (Å²) in [4.78, 5) is 23.3. The largest absolute Gasteiger partial charge is 0.465 e. The molecule has 5 heteroatoms. The number of halogens is 1. The Balaban J connectivity index is 2.15. The summed E-state index contributed by atoms with van der Waals surface area (Å²) in [5.41, 5.74) is 1.55. The number of benzene rings is 2. The van der Waals surface area contributed by atoms with Crippen LogP contribution in [0.5, 0.6) is 0 Å². The number of esters is 1. The molecule has 0 saturated carbocycles. The molecule has 21 heavy (non-hydrogen) atoms. The van der Waals surface area contributed by atoms with Crippen LogP contribution in [-0.2, 0) is 4.74 Å². The fourth-order valence-electron chi connectivity index (χ4n) is 1.79. The smallest absolute Gasteiger partial charge is 0.337 e. The van der Waals surface area contributed by atoms with Crippen LogP contribution in [0.25, 0.3) is 0 Å². The second-order valence-electron chi connectivity index (χ2n) is 4.51. The van der Waals surface area contributed by atoms with E-state index in [-0.39, 0.29) is 5.69 Å². The maximum Gasteiger partial charge on any atom is 0.337 e. The number of ether oxygens (including phenoxy) is 1. The molecule has 0 aliphatic rings. The van der Waals surface area contributed by atoms with Gasteiger partial charge in [0.2, 0.25) is 0 Å². The zero-order chi connectivity index (χ0) is 15.4. The molecule has 0 fully saturated rings. The van der Waals surface area contributed by atoms with Gasteiger partial charge in [-0.2, -0.15) is 0 Å². The Bertz CT molecular complexity index is 680. The van der Waals surface area contributed by atoms with E-state index in [0.717, 1.165) is 5.56 Å². The van der Waals surface area contributed by atoms with Crippen molar-refractivity contribution >= 4 is 17.6 Å². The Hall–Kier alpha value is -2.69. The fourth-order valence-corrected chi connectivity index (χ4v) is 1.79. The van der Waals surface area contributed by atoms with Crippen molar-refractivity contribution in [1.29, 1.82) is 0 Å². The van der Waals surface area contributed by atoms with E-state index in [4.69, 9.17) is 0 Å². The van der Waals surface area contributed by atoms with Crippen LogP contribution in [0.1, 0.15) is 26.3 Å². The van der Waals surface area contributed by atoms with Gasteiger partial charge < -0.3 is 10.1 Å². The SMILES string of the molecule is COC(=O)c1ccc(C(=O)Nc2ccc(C)cc2F)cc1. The third-order valence-electron chi connectivity index (χ3n) is 2.94. The molecule has 0 unspecified atom stereocenters. The van der Waals surface area contributed by atoms with Crippen molar-refractivity contribution in [3.05, 3.63) is 65.0 Å². The van der Waals surface area contributed by atoms with Crippen LogP contribution in [-0.4, -0.2) is 19.0 Å². The Labute approximate surface area is 121 Å². The van der Waals surface area contributed by atoms with Crippen molar-refractivity contribution < 1.29 is 18.7 Å². The zero-order valence-electron chi connectivity index (χ0n) is 11.6. The number of anilines is 1. The molecule has 0 atom stereocenters. The van der Waals surface area contributed by atoms with E-state index in [0.29, 0.717) is 11.1 Å². The minimum Gasteiger partial charge on any atom is -0.465 e. The number of aryl methyl sites for hydroxylation is 1. The van der Waals surface area contributed by atoms with Crippen molar-refractivity contribution in [2.75, 3.05) is 12.4 Å². The molecule has 0 radical (unpaired) electrons. The average Bonchev–Trinajstić information content (AvgIpc) is 2.49. The molecular formula is C16H14FNO3. The molecule has 0 spiro atoms. The van der Waals surface area contributed by atoms with Gasteiger partial charge in [-0.3, -0.25) is 4.79 Å². The monoisotopic (exact) mass is 287 g/mol. The molecule has 1 amide bonds. The number of rotatable bonds is 3. The normalized spacial score (nSPS) is 10.0. The van der Waals surface area contributed by atoms with Crippen LogP contribution in [0.2, 0.25) is 0 Å². The van der Waals surface area contributed by atoms with E-state index in [1.165, 1.54) is 43.5 Å². The highest BCUT2D eigenvalue weighted by atomic mass is 19.1. The second-order valence-corrected chi connectivity index (χ2v) is 4.51. The summed E-state index contributed by atoms with van der Waals surface area (Å²) < 4.78 is 18.2. The highest BCUT2D eigenvalue weighted by Gasteiger charge is 2.11. The number of hydrogen-bond acceptors (Lipinski definition) is 3. The Morgan fingerprint density at radius 1 is 1.05 bits per heavy atom. The van der Waals surface area contributed by atoms with Gasteiger partial charge in [-0.1, -0.05) is 6.07 Å². The van der Waals surface area contributed by atoms with Gasteiger partial charge in [-0.15, -0.1) is 0 Å². The molecule has 0 saturated heterocycles. The van der Waals surface area contributed by atoms with Crippen LogP contribution in [0, 0.1) is 12.7 Å². The molecule has 0 aliphatic carbocycles. The summed E-state index contributed by atoms with van der Waals surface area (Å²) in [6.45, 7) is 1.76. The lowest BCUT2D eigenvalue weighted by Crippen LogP contribution is -2.13. The number of hydrogen-bond donors (Lipinski definition) is 1. The number of carbonyl (C=O) groups excluding carboxylic acids is 2. The first-order valence-electron chi connectivity index (χ1n) is 6.27. The lowest BCUT2D eigenvalue weighted by Gasteiger charge is -2.07. The maximum absolute atomic E-state index is 13.7. The highest BCUT2D eigenvalue weighted by molar-refractivity contribution is 6.04. The third-order valence-corrected chi connectivity index (χ3v) is 2.94. The van der Waals surface area contributed by atoms with Crippen LogP contribution in [0.4, 0.5) is 10.1 Å². The van der Waals surface area contributed by atoms with Crippen molar-refractivity contribution in [1.82, 2.24) is 0 Å². The van der Waals surface area contributed by atoms with Gasteiger partial charge in [0, 0.05) is 5.56 Å². The maximum atomic E-state index is 13.7.